The number of Topliss-reactive ketones (excluding diaryl/α,β-unsaturated/α-hetero) is 1. The average molecular weight is 170 g/mol. The first-order chi connectivity index (χ1) is 5.34. The first-order valence-corrected chi connectivity index (χ1v) is 4.45. The fraction of sp³-hybridized carbons (Fsp3) is 0.375. The molecule has 0 aliphatic carbocycles. The second kappa shape index (κ2) is 4.26. The van der Waals surface area contributed by atoms with Gasteiger partial charge in [-0.2, -0.15) is 11.3 Å². The minimum Gasteiger partial charge on any atom is -0.396 e. The Morgan fingerprint density at radius 3 is 3.00 bits per heavy atom. The predicted molar refractivity (Wildman–Crippen MR) is 45.0 cm³/mol. The van der Waals surface area contributed by atoms with Crippen molar-refractivity contribution in [2.75, 3.05) is 6.61 Å². The van der Waals surface area contributed by atoms with Gasteiger partial charge in [-0.25, -0.2) is 0 Å². The molecule has 0 saturated carbocycles. The molecule has 11 heavy (non-hydrogen) atoms. The minimum atomic E-state index is 0.0931. The van der Waals surface area contributed by atoms with Crippen LogP contribution in [0.2, 0.25) is 0 Å². The van der Waals surface area contributed by atoms with Crippen molar-refractivity contribution in [2.45, 2.75) is 12.8 Å². The van der Waals surface area contributed by atoms with Gasteiger partial charge in [-0.15, -0.1) is 0 Å². The summed E-state index contributed by atoms with van der Waals surface area (Å²) in [7, 11) is 0. The van der Waals surface area contributed by atoms with Crippen molar-refractivity contribution in [1.29, 1.82) is 0 Å². The average Bonchev–Trinajstić information content (AvgIpc) is 2.52. The number of hydrogen-bond donors (Lipinski definition) is 1. The molecule has 0 atom stereocenters. The normalized spacial score (nSPS) is 9.91. The number of carbonyl (C=O) groups is 1. The number of hydrogen-bond acceptors (Lipinski definition) is 3. The Hall–Kier alpha value is -0.670. The Kier molecular flexibility index (Phi) is 3.26. The standard InChI is InChI=1S/C8H10O2S/c9-4-1-2-8(10)7-3-5-11-6-7/h3,5-6,9H,1-2,4H2. The van der Waals surface area contributed by atoms with Crippen LogP contribution in [0.1, 0.15) is 23.2 Å². The molecule has 1 aromatic heterocycles. The zero-order valence-corrected chi connectivity index (χ0v) is 6.93. The van der Waals surface area contributed by atoms with E-state index < -0.39 is 0 Å². The predicted octanol–water partition coefficient (Wildman–Crippen LogP) is 1.70. The topological polar surface area (TPSA) is 37.3 Å². The molecular weight excluding hydrogens is 160 g/mol. The molecule has 1 rings (SSSR count). The first-order valence-electron chi connectivity index (χ1n) is 3.51. The van der Waals surface area contributed by atoms with Crippen LogP contribution in [-0.2, 0) is 0 Å². The Bertz CT molecular complexity index is 216. The van der Waals surface area contributed by atoms with Gasteiger partial charge in [0.1, 0.15) is 0 Å². The zero-order chi connectivity index (χ0) is 8.10. The maximum atomic E-state index is 11.2. The maximum Gasteiger partial charge on any atom is 0.163 e. The van der Waals surface area contributed by atoms with E-state index in [4.69, 9.17) is 5.11 Å². The molecular formula is C8H10O2S. The molecule has 0 fully saturated rings. The lowest BCUT2D eigenvalue weighted by Crippen LogP contribution is -1.97. The van der Waals surface area contributed by atoms with Crippen LogP contribution < -0.4 is 0 Å². The highest BCUT2D eigenvalue weighted by Gasteiger charge is 2.03. The van der Waals surface area contributed by atoms with E-state index in [9.17, 15) is 4.79 Å². The molecule has 0 unspecified atom stereocenters. The molecule has 1 N–H and O–H groups in total. The highest BCUT2D eigenvalue weighted by molar-refractivity contribution is 7.08. The quantitative estimate of drug-likeness (QED) is 0.698. The van der Waals surface area contributed by atoms with Crippen LogP contribution in [-0.4, -0.2) is 17.5 Å². The van der Waals surface area contributed by atoms with Gasteiger partial charge in [0.2, 0.25) is 0 Å². The largest absolute Gasteiger partial charge is 0.396 e. The smallest absolute Gasteiger partial charge is 0.163 e. The van der Waals surface area contributed by atoms with E-state index in [0.29, 0.717) is 12.8 Å². The minimum absolute atomic E-state index is 0.0931. The van der Waals surface area contributed by atoms with Gasteiger partial charge in [0.05, 0.1) is 0 Å². The summed E-state index contributed by atoms with van der Waals surface area (Å²) >= 11 is 1.52. The molecule has 0 saturated heterocycles. The van der Waals surface area contributed by atoms with E-state index in [1.165, 1.54) is 11.3 Å². The van der Waals surface area contributed by atoms with Crippen molar-refractivity contribution in [2.24, 2.45) is 0 Å². The molecule has 2 nitrogen and oxygen atoms in total. The summed E-state index contributed by atoms with van der Waals surface area (Å²) in [6, 6.07) is 1.81. The molecule has 0 spiro atoms. The van der Waals surface area contributed by atoms with Crippen molar-refractivity contribution >= 4 is 17.1 Å². The van der Waals surface area contributed by atoms with E-state index in [-0.39, 0.29) is 12.4 Å². The number of carbonyl (C=O) groups excluding carboxylic acids is 1. The van der Waals surface area contributed by atoms with Gasteiger partial charge in [-0.05, 0) is 17.9 Å². The van der Waals surface area contributed by atoms with E-state index in [0.717, 1.165) is 5.56 Å². The molecule has 0 aromatic carbocycles. The van der Waals surface area contributed by atoms with Crippen molar-refractivity contribution < 1.29 is 9.90 Å². The van der Waals surface area contributed by atoms with Gasteiger partial charge in [0.25, 0.3) is 0 Å². The molecule has 1 heterocycles. The lowest BCUT2D eigenvalue weighted by Gasteiger charge is -1.93. The highest BCUT2D eigenvalue weighted by atomic mass is 32.1. The van der Waals surface area contributed by atoms with Crippen LogP contribution in [0.3, 0.4) is 0 Å². The van der Waals surface area contributed by atoms with Gasteiger partial charge >= 0.3 is 0 Å². The fourth-order valence-corrected chi connectivity index (χ4v) is 1.47. The summed E-state index contributed by atoms with van der Waals surface area (Å²) in [5.41, 5.74) is 0.767. The van der Waals surface area contributed by atoms with Crippen LogP contribution in [0.4, 0.5) is 0 Å². The van der Waals surface area contributed by atoms with Gasteiger partial charge in [0, 0.05) is 24.0 Å². The van der Waals surface area contributed by atoms with Crippen molar-refractivity contribution in [3.8, 4) is 0 Å². The molecule has 0 aliphatic heterocycles. The fourth-order valence-electron chi connectivity index (χ4n) is 0.807. The number of ketones is 1. The number of aliphatic hydroxyl groups excluding tert-OH is 1. The zero-order valence-electron chi connectivity index (χ0n) is 6.12. The van der Waals surface area contributed by atoms with E-state index in [1.807, 2.05) is 16.8 Å². The van der Waals surface area contributed by atoms with Gasteiger partial charge in [-0.1, -0.05) is 0 Å². The Morgan fingerprint density at radius 2 is 2.45 bits per heavy atom. The summed E-state index contributed by atoms with van der Waals surface area (Å²) in [6.07, 6.45) is 1.02. The van der Waals surface area contributed by atoms with Gasteiger partial charge < -0.3 is 5.11 Å². The Balaban J connectivity index is 2.43. The number of rotatable bonds is 4. The van der Waals surface area contributed by atoms with Crippen LogP contribution in [0, 0.1) is 0 Å². The molecule has 0 amide bonds. The van der Waals surface area contributed by atoms with E-state index in [2.05, 4.69) is 0 Å². The van der Waals surface area contributed by atoms with E-state index in [1.54, 1.807) is 0 Å². The number of thiophene rings is 1. The number of aliphatic hydroxyl groups is 1. The molecule has 3 heteroatoms. The van der Waals surface area contributed by atoms with Crippen LogP contribution in [0.25, 0.3) is 0 Å². The Morgan fingerprint density at radius 1 is 1.64 bits per heavy atom. The van der Waals surface area contributed by atoms with Crippen LogP contribution in [0.15, 0.2) is 16.8 Å². The molecule has 0 bridgehead atoms. The third-order valence-electron chi connectivity index (χ3n) is 1.41. The lowest BCUT2D eigenvalue weighted by atomic mass is 10.1. The maximum absolute atomic E-state index is 11.2. The summed E-state index contributed by atoms with van der Waals surface area (Å²) in [5, 5.41) is 12.2. The summed E-state index contributed by atoms with van der Waals surface area (Å²) in [4.78, 5) is 11.2. The molecule has 60 valence electrons. The van der Waals surface area contributed by atoms with Gasteiger partial charge in [0.15, 0.2) is 5.78 Å². The molecule has 0 aliphatic rings. The SMILES string of the molecule is O=C(CCCO)c1ccsc1. The first kappa shape index (κ1) is 8.43. The van der Waals surface area contributed by atoms with Crippen molar-refractivity contribution in [3.05, 3.63) is 22.4 Å². The van der Waals surface area contributed by atoms with Crippen LogP contribution in [0.5, 0.6) is 0 Å². The van der Waals surface area contributed by atoms with Crippen molar-refractivity contribution in [3.63, 3.8) is 0 Å². The summed E-state index contributed by atoms with van der Waals surface area (Å²) in [6.45, 7) is 0.0931. The Labute approximate surface area is 69.5 Å². The third-order valence-corrected chi connectivity index (χ3v) is 2.09. The summed E-state index contributed by atoms with van der Waals surface area (Å²) < 4.78 is 0. The summed E-state index contributed by atoms with van der Waals surface area (Å²) in [5.74, 6) is 0.125. The van der Waals surface area contributed by atoms with Crippen molar-refractivity contribution in [1.82, 2.24) is 0 Å². The lowest BCUT2D eigenvalue weighted by molar-refractivity contribution is 0.0972. The van der Waals surface area contributed by atoms with Gasteiger partial charge in [-0.3, -0.25) is 4.79 Å². The van der Waals surface area contributed by atoms with Crippen LogP contribution >= 0.6 is 11.3 Å². The second-order valence-electron chi connectivity index (χ2n) is 2.26. The monoisotopic (exact) mass is 170 g/mol. The third kappa shape index (κ3) is 2.44. The van der Waals surface area contributed by atoms with E-state index >= 15 is 0 Å². The molecule has 1 aromatic rings. The molecule has 0 radical (unpaired) electrons. The second-order valence-corrected chi connectivity index (χ2v) is 3.04. The highest BCUT2D eigenvalue weighted by Crippen LogP contribution is 2.09.